The molecule has 1 aromatic carbocycles. The predicted octanol–water partition coefficient (Wildman–Crippen LogP) is 3.07. The minimum Gasteiger partial charge on any atom is -0.480 e. The Bertz CT molecular complexity index is 791. The Kier molecular flexibility index (Phi) is 8.41. The van der Waals surface area contributed by atoms with Crippen molar-refractivity contribution in [2.24, 2.45) is 0 Å². The van der Waals surface area contributed by atoms with Crippen LogP contribution in [-0.2, 0) is 26.6 Å². The van der Waals surface area contributed by atoms with Gasteiger partial charge in [-0.3, -0.25) is 0 Å². The van der Waals surface area contributed by atoms with Gasteiger partial charge in [0.2, 0.25) is 5.76 Å². The van der Waals surface area contributed by atoms with Gasteiger partial charge in [0.1, 0.15) is 12.6 Å². The summed E-state index contributed by atoms with van der Waals surface area (Å²) in [7, 11) is 1.27. The van der Waals surface area contributed by atoms with Crippen molar-refractivity contribution in [2.45, 2.75) is 24.8 Å². The average molecular weight is 407 g/mol. The van der Waals surface area contributed by atoms with E-state index in [1.165, 1.54) is 25.1 Å². The van der Waals surface area contributed by atoms with Gasteiger partial charge in [-0.2, -0.15) is 11.8 Å². The number of carbonyl (C=O) groups excluding carboxylic acids is 2. The molecule has 1 unspecified atom stereocenters. The van der Waals surface area contributed by atoms with Gasteiger partial charge in [0.25, 0.3) is 0 Å². The van der Waals surface area contributed by atoms with E-state index in [1.54, 1.807) is 18.2 Å². The summed E-state index contributed by atoms with van der Waals surface area (Å²) >= 11 is 1.41. The molecule has 0 saturated carbocycles. The van der Waals surface area contributed by atoms with E-state index in [0.29, 0.717) is 17.1 Å². The van der Waals surface area contributed by atoms with Gasteiger partial charge in [-0.15, -0.1) is 0 Å². The second-order valence-corrected chi connectivity index (χ2v) is 6.81. The maximum Gasteiger partial charge on any atom is 0.408 e. The Morgan fingerprint density at radius 2 is 1.96 bits per heavy atom. The zero-order valence-corrected chi connectivity index (χ0v) is 16.1. The first kappa shape index (κ1) is 21.4. The molecule has 9 heteroatoms. The van der Waals surface area contributed by atoms with E-state index in [4.69, 9.17) is 9.15 Å². The molecule has 1 amide bonds. The smallest absolute Gasteiger partial charge is 0.408 e. The van der Waals surface area contributed by atoms with Crippen molar-refractivity contribution in [3.63, 3.8) is 0 Å². The summed E-state index contributed by atoms with van der Waals surface area (Å²) in [6.45, 7) is 0.0601. The normalized spacial score (nSPS) is 11.5. The molecule has 2 N–H and O–H groups in total. The number of alkyl carbamates (subject to hydrolysis) is 1. The summed E-state index contributed by atoms with van der Waals surface area (Å²) in [6, 6.07) is 9.68. The van der Waals surface area contributed by atoms with Crippen LogP contribution in [0.15, 0.2) is 47.1 Å². The molecule has 28 heavy (non-hydrogen) atoms. The Balaban J connectivity index is 1.75. The molecule has 8 nitrogen and oxygen atoms in total. The van der Waals surface area contributed by atoms with Gasteiger partial charge in [-0.1, -0.05) is 30.3 Å². The summed E-state index contributed by atoms with van der Waals surface area (Å²) in [5.41, 5.74) is 1.47. The van der Waals surface area contributed by atoms with E-state index >= 15 is 0 Å². The zero-order chi connectivity index (χ0) is 20.4. The predicted molar refractivity (Wildman–Crippen MR) is 102 cm³/mol. The number of carbonyl (C=O) groups is 3. The number of hydrogen-bond acceptors (Lipinski definition) is 7. The third-order valence-electron chi connectivity index (χ3n) is 3.73. The first-order valence-corrected chi connectivity index (χ1v) is 9.59. The van der Waals surface area contributed by atoms with Crippen molar-refractivity contribution < 1.29 is 33.4 Å². The third kappa shape index (κ3) is 6.66. The number of benzene rings is 1. The molecular weight excluding hydrogens is 386 g/mol. The quantitative estimate of drug-likeness (QED) is 0.456. The van der Waals surface area contributed by atoms with Gasteiger partial charge < -0.3 is 24.3 Å². The largest absolute Gasteiger partial charge is 0.480 e. The highest BCUT2D eigenvalue weighted by Crippen LogP contribution is 2.19. The van der Waals surface area contributed by atoms with Gasteiger partial charge in [0.05, 0.1) is 13.4 Å². The first-order chi connectivity index (χ1) is 13.5. The van der Waals surface area contributed by atoms with Crippen LogP contribution in [0, 0.1) is 0 Å². The van der Waals surface area contributed by atoms with Crippen LogP contribution >= 0.6 is 11.8 Å². The highest BCUT2D eigenvalue weighted by atomic mass is 32.2. The van der Waals surface area contributed by atoms with Crippen molar-refractivity contribution in [1.29, 1.82) is 0 Å². The molecule has 0 saturated heterocycles. The number of thioether (sulfide) groups is 1. The van der Waals surface area contributed by atoms with E-state index in [1.807, 2.05) is 18.2 Å². The van der Waals surface area contributed by atoms with Crippen molar-refractivity contribution in [1.82, 2.24) is 5.32 Å². The molecule has 1 aromatic heterocycles. The standard InChI is InChI=1S/C19H21NO7S/c1-25-18(23)16-14(7-9-26-16)12-28-10-8-15(17(21)22)20-19(24)27-11-13-5-3-2-4-6-13/h2-7,9,15H,8,10-12H2,1H3,(H,20,24)(H,21,22). The van der Waals surface area contributed by atoms with E-state index in [-0.39, 0.29) is 18.8 Å². The lowest BCUT2D eigenvalue weighted by Crippen LogP contribution is -2.41. The number of furan rings is 1. The average Bonchev–Trinajstić information content (AvgIpc) is 3.17. The molecule has 1 atom stereocenters. The molecule has 0 radical (unpaired) electrons. The van der Waals surface area contributed by atoms with Gasteiger partial charge in [-0.05, 0) is 23.8 Å². The molecule has 0 fully saturated rings. The van der Waals surface area contributed by atoms with Crippen LogP contribution in [0.25, 0.3) is 0 Å². The summed E-state index contributed by atoms with van der Waals surface area (Å²) in [5, 5.41) is 11.6. The van der Waals surface area contributed by atoms with Gasteiger partial charge in [0.15, 0.2) is 0 Å². The second kappa shape index (κ2) is 11.0. The minimum absolute atomic E-state index is 0.0601. The second-order valence-electron chi connectivity index (χ2n) is 5.70. The molecule has 0 spiro atoms. The molecule has 150 valence electrons. The Hall–Kier alpha value is -2.94. The van der Waals surface area contributed by atoms with Gasteiger partial charge >= 0.3 is 18.0 Å². The lowest BCUT2D eigenvalue weighted by Gasteiger charge is -2.14. The number of esters is 1. The number of nitrogens with one attached hydrogen (secondary N) is 1. The summed E-state index contributed by atoms with van der Waals surface area (Å²) in [6.07, 6.45) is 0.808. The van der Waals surface area contributed by atoms with Crippen LogP contribution in [0.3, 0.4) is 0 Å². The van der Waals surface area contributed by atoms with Crippen molar-refractivity contribution >= 4 is 29.8 Å². The van der Waals surface area contributed by atoms with E-state index in [0.717, 1.165) is 5.56 Å². The molecule has 0 bridgehead atoms. The van der Waals surface area contributed by atoms with Crippen LogP contribution in [0.4, 0.5) is 4.79 Å². The monoisotopic (exact) mass is 407 g/mol. The number of carboxylic acid groups (broad SMARTS) is 1. The maximum absolute atomic E-state index is 11.8. The lowest BCUT2D eigenvalue weighted by molar-refractivity contribution is -0.139. The van der Waals surface area contributed by atoms with Crippen molar-refractivity contribution in [3.05, 3.63) is 59.5 Å². The molecule has 2 aromatic rings. The Morgan fingerprint density at radius 3 is 2.64 bits per heavy atom. The number of aliphatic carboxylic acids is 1. The lowest BCUT2D eigenvalue weighted by atomic mass is 10.2. The summed E-state index contributed by atoms with van der Waals surface area (Å²) < 4.78 is 14.8. The van der Waals surface area contributed by atoms with Gasteiger partial charge in [-0.25, -0.2) is 14.4 Å². The van der Waals surface area contributed by atoms with Crippen molar-refractivity contribution in [2.75, 3.05) is 12.9 Å². The Morgan fingerprint density at radius 1 is 1.21 bits per heavy atom. The molecule has 2 rings (SSSR count). The number of carboxylic acids is 1. The zero-order valence-electron chi connectivity index (χ0n) is 15.3. The van der Waals surface area contributed by atoms with E-state index < -0.39 is 24.1 Å². The van der Waals surface area contributed by atoms with E-state index in [9.17, 15) is 19.5 Å². The highest BCUT2D eigenvalue weighted by molar-refractivity contribution is 7.98. The molecule has 0 aliphatic heterocycles. The van der Waals surface area contributed by atoms with Crippen LogP contribution in [-0.4, -0.2) is 42.0 Å². The minimum atomic E-state index is -1.14. The fraction of sp³-hybridized carbons (Fsp3) is 0.316. The van der Waals surface area contributed by atoms with Crippen LogP contribution < -0.4 is 5.32 Å². The fourth-order valence-electron chi connectivity index (χ4n) is 2.27. The van der Waals surface area contributed by atoms with Crippen LogP contribution in [0.2, 0.25) is 0 Å². The number of amides is 1. The van der Waals surface area contributed by atoms with E-state index in [2.05, 4.69) is 10.1 Å². The molecule has 0 aliphatic rings. The fourth-order valence-corrected chi connectivity index (χ4v) is 3.26. The van der Waals surface area contributed by atoms with Crippen molar-refractivity contribution in [3.8, 4) is 0 Å². The number of ether oxygens (including phenoxy) is 2. The maximum atomic E-state index is 11.8. The number of hydrogen-bond donors (Lipinski definition) is 2. The molecular formula is C19H21NO7S. The van der Waals surface area contributed by atoms with Crippen LogP contribution in [0.5, 0.6) is 0 Å². The summed E-state index contributed by atoms with van der Waals surface area (Å²) in [4.78, 5) is 34.7. The first-order valence-electron chi connectivity index (χ1n) is 8.43. The highest BCUT2D eigenvalue weighted by Gasteiger charge is 2.21. The molecule has 0 aliphatic carbocycles. The number of rotatable bonds is 10. The number of methoxy groups -OCH3 is 1. The Labute approximate surface area is 166 Å². The topological polar surface area (TPSA) is 115 Å². The summed E-state index contributed by atoms with van der Waals surface area (Å²) in [5.74, 6) is -0.678. The SMILES string of the molecule is COC(=O)c1occc1CSCCC(NC(=O)OCc1ccccc1)C(=O)O. The molecule has 1 heterocycles. The van der Waals surface area contributed by atoms with Gasteiger partial charge in [0, 0.05) is 11.3 Å². The third-order valence-corrected chi connectivity index (χ3v) is 4.77. The van der Waals surface area contributed by atoms with Crippen LogP contribution in [0.1, 0.15) is 28.1 Å².